The minimum Gasteiger partial charge on any atom is -0.372 e. The van der Waals surface area contributed by atoms with Gasteiger partial charge in [-0.15, -0.1) is 0 Å². The van der Waals surface area contributed by atoms with E-state index in [2.05, 4.69) is 153 Å². The normalized spacial score (nSPS) is 19.8. The fourth-order valence-electron chi connectivity index (χ4n) is 9.46. The lowest BCUT2D eigenvalue weighted by Gasteiger charge is -2.50. The zero-order valence-electron chi connectivity index (χ0n) is 30.4. The van der Waals surface area contributed by atoms with Crippen LogP contribution in [0, 0.1) is 0 Å². The average molecular weight is 686 g/mol. The summed E-state index contributed by atoms with van der Waals surface area (Å²) in [7, 11) is 0. The fraction of sp³-hybridized carbons (Fsp3) is 0.188. The van der Waals surface area contributed by atoms with E-state index in [1.54, 1.807) is 0 Å². The molecule has 0 radical (unpaired) electrons. The van der Waals surface area contributed by atoms with Crippen LogP contribution in [0.2, 0.25) is 0 Å². The molecular formula is C48H39N5. The molecule has 2 aromatic heterocycles. The summed E-state index contributed by atoms with van der Waals surface area (Å²) in [6, 6.07) is 33.6. The third-order valence-electron chi connectivity index (χ3n) is 12.4. The van der Waals surface area contributed by atoms with Crippen LogP contribution in [0.1, 0.15) is 68.4 Å². The van der Waals surface area contributed by atoms with Crippen LogP contribution in [0.3, 0.4) is 0 Å². The van der Waals surface area contributed by atoms with Crippen LogP contribution >= 0.6 is 0 Å². The molecule has 1 N–H and O–H groups in total. The molecule has 1 unspecified atom stereocenters. The first-order valence-corrected chi connectivity index (χ1v) is 18.8. The largest absolute Gasteiger partial charge is 0.372 e. The number of para-hydroxylation sites is 1. The van der Waals surface area contributed by atoms with Crippen molar-refractivity contribution < 1.29 is 0 Å². The highest BCUT2D eigenvalue weighted by Crippen LogP contribution is 2.60. The number of anilines is 3. The highest BCUT2D eigenvalue weighted by atomic mass is 15.2. The lowest BCUT2D eigenvalue weighted by molar-refractivity contribution is 0.596. The van der Waals surface area contributed by atoms with Gasteiger partial charge >= 0.3 is 0 Å². The number of aliphatic imine (C=N–C) groups is 1. The van der Waals surface area contributed by atoms with Crippen molar-refractivity contribution in [1.82, 2.24) is 15.3 Å². The Morgan fingerprint density at radius 2 is 1.45 bits per heavy atom. The van der Waals surface area contributed by atoms with E-state index in [1.165, 1.54) is 56.0 Å². The minimum atomic E-state index is -0.303. The third-order valence-corrected chi connectivity index (χ3v) is 12.4. The molecule has 5 nitrogen and oxygen atoms in total. The molecule has 0 spiro atoms. The zero-order chi connectivity index (χ0) is 35.6. The van der Waals surface area contributed by atoms with Crippen molar-refractivity contribution in [3.8, 4) is 11.3 Å². The first-order valence-electron chi connectivity index (χ1n) is 18.8. The van der Waals surface area contributed by atoms with E-state index in [4.69, 9.17) is 15.0 Å². The molecule has 5 aliphatic rings. The maximum atomic E-state index is 5.26. The maximum absolute atomic E-state index is 5.26. The maximum Gasteiger partial charge on any atom is 0.0972 e. The molecule has 0 saturated carbocycles. The smallest absolute Gasteiger partial charge is 0.0972 e. The minimum absolute atomic E-state index is 0.0576. The number of dihydropyridines is 1. The predicted octanol–water partition coefficient (Wildman–Crippen LogP) is 11.1. The Kier molecular flexibility index (Phi) is 6.19. The number of rotatable bonds is 2. The number of nitrogens with zero attached hydrogens (tertiary/aromatic N) is 4. The summed E-state index contributed by atoms with van der Waals surface area (Å²) in [5, 5.41) is 6.15. The van der Waals surface area contributed by atoms with Crippen LogP contribution < -0.4 is 10.2 Å². The van der Waals surface area contributed by atoms with E-state index in [1.807, 2.05) is 12.3 Å². The third kappa shape index (κ3) is 4.28. The summed E-state index contributed by atoms with van der Waals surface area (Å²) in [5.41, 5.74) is 18.6. The topological polar surface area (TPSA) is 53.4 Å². The van der Waals surface area contributed by atoms with Gasteiger partial charge < -0.3 is 10.2 Å². The van der Waals surface area contributed by atoms with Gasteiger partial charge in [-0.05, 0) is 100 Å². The Labute approximate surface area is 309 Å². The van der Waals surface area contributed by atoms with Crippen LogP contribution in [0.15, 0.2) is 143 Å². The van der Waals surface area contributed by atoms with E-state index in [0.29, 0.717) is 0 Å². The molecule has 6 aromatic rings. The molecule has 256 valence electrons. The molecule has 53 heavy (non-hydrogen) atoms. The molecule has 5 heteroatoms. The second-order valence-electron chi connectivity index (χ2n) is 16.1. The van der Waals surface area contributed by atoms with Gasteiger partial charge in [-0.25, -0.2) is 4.98 Å². The molecule has 0 amide bonds. The van der Waals surface area contributed by atoms with Gasteiger partial charge in [0.2, 0.25) is 0 Å². The van der Waals surface area contributed by atoms with Crippen molar-refractivity contribution in [2.45, 2.75) is 57.4 Å². The number of fused-ring (bicyclic) bond motifs is 9. The lowest BCUT2D eigenvalue weighted by Crippen LogP contribution is -2.39. The molecule has 1 aliphatic carbocycles. The van der Waals surface area contributed by atoms with E-state index in [0.717, 1.165) is 57.3 Å². The predicted molar refractivity (Wildman–Crippen MR) is 218 cm³/mol. The van der Waals surface area contributed by atoms with E-state index in [-0.39, 0.29) is 16.9 Å². The van der Waals surface area contributed by atoms with Crippen molar-refractivity contribution in [2.75, 3.05) is 4.90 Å². The summed E-state index contributed by atoms with van der Waals surface area (Å²) < 4.78 is 0. The van der Waals surface area contributed by atoms with Crippen molar-refractivity contribution in [3.63, 3.8) is 0 Å². The number of hydrogen-bond donors (Lipinski definition) is 1. The summed E-state index contributed by atoms with van der Waals surface area (Å²) in [6.45, 7) is 9.56. The van der Waals surface area contributed by atoms with Crippen LogP contribution in [-0.2, 0) is 10.8 Å². The lowest BCUT2D eigenvalue weighted by atomic mass is 9.65. The Balaban J connectivity index is 1.10. The summed E-state index contributed by atoms with van der Waals surface area (Å²) in [4.78, 5) is 17.4. The van der Waals surface area contributed by atoms with Crippen molar-refractivity contribution in [2.24, 2.45) is 4.99 Å². The molecule has 4 aromatic carbocycles. The fourth-order valence-corrected chi connectivity index (χ4v) is 9.46. The number of nitrogens with one attached hydrogen (secondary N) is 1. The summed E-state index contributed by atoms with van der Waals surface area (Å²) in [6.07, 6.45) is 15.0. The molecule has 6 heterocycles. The number of hydrogen-bond acceptors (Lipinski definition) is 5. The molecule has 0 saturated heterocycles. The number of benzene rings is 4. The van der Waals surface area contributed by atoms with Crippen LogP contribution in [0.25, 0.3) is 38.8 Å². The first kappa shape index (κ1) is 30.5. The second-order valence-corrected chi connectivity index (χ2v) is 16.1. The molecule has 1 atom stereocenters. The van der Waals surface area contributed by atoms with Gasteiger partial charge in [-0.1, -0.05) is 94.5 Å². The Morgan fingerprint density at radius 3 is 2.32 bits per heavy atom. The standard InChI is InChI=1S/C48H39N5/c1-47(2)34-11-5-6-12-40(34)53-41-22-19-32(38-20-17-30-15-13-28-9-7-23-49-42(28)44(30)51-38)25-35(41)48(3,4)37-27-33(26-36(47)46(37)53)39-21-18-31-16-14-29-10-8-24-50-43(29)45(31)52-39/h5-7,9,11-27,45,52H,8,10H2,1-4H3. The number of aromatic nitrogens is 2. The van der Waals surface area contributed by atoms with Gasteiger partial charge in [-0.2, -0.15) is 0 Å². The van der Waals surface area contributed by atoms with Crippen LogP contribution in [0.5, 0.6) is 0 Å². The molecule has 0 fully saturated rings. The summed E-state index contributed by atoms with van der Waals surface area (Å²) in [5.74, 6) is 0. The van der Waals surface area contributed by atoms with E-state index >= 15 is 0 Å². The Hall–Kier alpha value is -6.07. The molecular weight excluding hydrogens is 647 g/mol. The van der Waals surface area contributed by atoms with Gasteiger partial charge in [0.15, 0.2) is 0 Å². The summed E-state index contributed by atoms with van der Waals surface area (Å²) >= 11 is 0. The Morgan fingerprint density at radius 1 is 0.698 bits per heavy atom. The van der Waals surface area contributed by atoms with Crippen LogP contribution in [-0.4, -0.2) is 22.2 Å². The van der Waals surface area contributed by atoms with Gasteiger partial charge in [0.05, 0.1) is 45.5 Å². The molecule has 11 rings (SSSR count). The van der Waals surface area contributed by atoms with Crippen molar-refractivity contribution in [3.05, 3.63) is 166 Å². The molecule has 4 aliphatic heterocycles. The highest BCUT2D eigenvalue weighted by Gasteiger charge is 2.46. The SMILES string of the molecule is CC1(C)c2ccccc2N2c3ccc(-c4ccc5ccc6cccnc6c5n4)cc3C(C)(C)c3cc(C4=CC=C5C=CC6=C(N=CCC6)C5N4)cc1c32. The molecule has 0 bridgehead atoms. The number of pyridine rings is 2. The quantitative estimate of drug-likeness (QED) is 0.184. The van der Waals surface area contributed by atoms with E-state index in [9.17, 15) is 0 Å². The van der Waals surface area contributed by atoms with Gasteiger partial charge in [0.25, 0.3) is 0 Å². The monoisotopic (exact) mass is 685 g/mol. The van der Waals surface area contributed by atoms with Gasteiger partial charge in [0, 0.05) is 45.3 Å². The average Bonchev–Trinajstić information content (AvgIpc) is 3.20. The number of allylic oxidation sites excluding steroid dienone is 4. The second kappa shape index (κ2) is 10.7. The zero-order valence-corrected chi connectivity index (χ0v) is 30.4. The highest BCUT2D eigenvalue weighted by molar-refractivity contribution is 6.03. The van der Waals surface area contributed by atoms with E-state index < -0.39 is 0 Å². The van der Waals surface area contributed by atoms with Crippen molar-refractivity contribution in [1.29, 1.82) is 0 Å². The van der Waals surface area contributed by atoms with Crippen molar-refractivity contribution >= 4 is 50.8 Å². The van der Waals surface area contributed by atoms with Gasteiger partial charge in [-0.3, -0.25) is 9.98 Å². The Bertz CT molecular complexity index is 2770. The van der Waals surface area contributed by atoms with Crippen LogP contribution in [0.4, 0.5) is 17.1 Å². The first-order chi connectivity index (χ1) is 25.8. The van der Waals surface area contributed by atoms with Gasteiger partial charge in [0.1, 0.15) is 0 Å².